The highest BCUT2D eigenvalue weighted by Gasteiger charge is 2.21. The Kier molecular flexibility index (Phi) is 6.96. The predicted octanol–water partition coefficient (Wildman–Crippen LogP) is 4.06. The van der Waals surface area contributed by atoms with Gasteiger partial charge >= 0.3 is 5.97 Å². The Morgan fingerprint density at radius 2 is 1.86 bits per heavy atom. The number of nitrogens with zero attached hydrogens (tertiary/aromatic N) is 2. The molecule has 2 aromatic carbocycles. The van der Waals surface area contributed by atoms with Crippen LogP contribution in [0.2, 0.25) is 0 Å². The van der Waals surface area contributed by atoms with Gasteiger partial charge in [-0.05, 0) is 50.1 Å². The van der Waals surface area contributed by atoms with E-state index in [1.54, 1.807) is 50.2 Å². The quantitative estimate of drug-likeness (QED) is 0.383. The van der Waals surface area contributed by atoms with Gasteiger partial charge in [-0.25, -0.2) is 9.78 Å². The van der Waals surface area contributed by atoms with E-state index in [9.17, 15) is 14.4 Å². The number of ether oxygens (including phenoxy) is 2. The Hall–Kier alpha value is -4.40. The molecule has 0 bridgehead atoms. The molecule has 0 aliphatic carbocycles. The lowest BCUT2D eigenvalue weighted by molar-refractivity contribution is -0.122. The van der Waals surface area contributed by atoms with E-state index in [1.165, 1.54) is 6.07 Å². The molecule has 2 aromatic heterocycles. The zero-order valence-electron chi connectivity index (χ0n) is 19.6. The maximum absolute atomic E-state index is 12.8. The monoisotopic (exact) mass is 475 g/mol. The lowest BCUT2D eigenvalue weighted by Gasteiger charge is -2.18. The first kappa shape index (κ1) is 23.7. The molecule has 0 aliphatic heterocycles. The van der Waals surface area contributed by atoms with Crippen molar-refractivity contribution in [3.63, 3.8) is 0 Å². The Morgan fingerprint density at radius 3 is 2.60 bits per heavy atom. The van der Waals surface area contributed by atoms with Crippen LogP contribution >= 0.6 is 0 Å². The zero-order chi connectivity index (χ0) is 24.9. The fraction of sp³-hybridized carbons (Fsp3) is 0.231. The summed E-state index contributed by atoms with van der Waals surface area (Å²) in [5, 5.41) is 2.84. The van der Waals surface area contributed by atoms with Crippen LogP contribution in [-0.2, 0) is 16.1 Å². The summed E-state index contributed by atoms with van der Waals surface area (Å²) in [4.78, 5) is 42.1. The molecule has 1 amide bonds. The van der Waals surface area contributed by atoms with Gasteiger partial charge in [-0.2, -0.15) is 0 Å². The van der Waals surface area contributed by atoms with Crippen LogP contribution < -0.4 is 15.6 Å². The van der Waals surface area contributed by atoms with E-state index in [-0.39, 0.29) is 18.1 Å². The average molecular weight is 476 g/mol. The minimum atomic E-state index is -0.695. The molecule has 0 unspecified atom stereocenters. The Morgan fingerprint density at radius 1 is 1.09 bits per heavy atom. The number of hydrogen-bond donors (Lipinski definition) is 1. The first-order valence-corrected chi connectivity index (χ1v) is 11.1. The van der Waals surface area contributed by atoms with Crippen molar-refractivity contribution in [1.29, 1.82) is 0 Å². The topological polar surface area (TPSA) is 112 Å². The predicted molar refractivity (Wildman–Crippen MR) is 129 cm³/mol. The summed E-state index contributed by atoms with van der Waals surface area (Å²) in [6, 6.07) is 16.9. The number of nitrogens with one attached hydrogen (secondary N) is 1. The van der Waals surface area contributed by atoms with Crippen LogP contribution in [0.25, 0.3) is 5.65 Å². The number of esters is 1. The third kappa shape index (κ3) is 5.40. The number of aryl methyl sites for hydroxylation is 1. The third-order valence-electron chi connectivity index (χ3n) is 5.37. The van der Waals surface area contributed by atoms with Crippen LogP contribution in [0.3, 0.4) is 0 Å². The fourth-order valence-corrected chi connectivity index (χ4v) is 3.56. The lowest BCUT2D eigenvalue weighted by Crippen LogP contribution is -2.32. The second kappa shape index (κ2) is 10.3. The number of carbonyl (C=O) groups excluding carboxylic acids is 2. The van der Waals surface area contributed by atoms with Gasteiger partial charge in [0.25, 0.3) is 11.5 Å². The summed E-state index contributed by atoms with van der Waals surface area (Å²) in [6.07, 6.45) is -0.228. The number of benzene rings is 2. The van der Waals surface area contributed by atoms with E-state index < -0.39 is 17.6 Å². The van der Waals surface area contributed by atoms with E-state index in [2.05, 4.69) is 10.3 Å². The lowest BCUT2D eigenvalue weighted by atomic mass is 10.1. The van der Waals surface area contributed by atoms with Crippen molar-refractivity contribution in [2.24, 2.45) is 0 Å². The molecular weight excluding hydrogens is 450 g/mol. The molecule has 0 aliphatic rings. The van der Waals surface area contributed by atoms with E-state index >= 15 is 0 Å². The van der Waals surface area contributed by atoms with Gasteiger partial charge in [0.15, 0.2) is 11.8 Å². The van der Waals surface area contributed by atoms with Crippen molar-refractivity contribution < 1.29 is 23.6 Å². The molecular formula is C26H25N3O6. The molecule has 1 atom stereocenters. The van der Waals surface area contributed by atoms with E-state index in [4.69, 9.17) is 14.0 Å². The van der Waals surface area contributed by atoms with Gasteiger partial charge in [0.2, 0.25) is 0 Å². The van der Waals surface area contributed by atoms with Gasteiger partial charge in [-0.3, -0.25) is 9.59 Å². The smallest absolute Gasteiger partial charge is 0.338 e. The van der Waals surface area contributed by atoms with E-state index in [1.807, 2.05) is 25.1 Å². The normalized spacial score (nSPS) is 11.7. The largest absolute Gasteiger partial charge is 0.481 e. The molecule has 1 N–H and O–H groups in total. The fourth-order valence-electron chi connectivity index (χ4n) is 3.56. The maximum Gasteiger partial charge on any atom is 0.338 e. The molecule has 0 saturated carbocycles. The Labute approximate surface area is 201 Å². The summed E-state index contributed by atoms with van der Waals surface area (Å²) in [7, 11) is 0. The first-order chi connectivity index (χ1) is 16.9. The molecule has 4 rings (SSSR count). The number of fused-ring (bicyclic) bond motifs is 1. The van der Waals surface area contributed by atoms with Crippen molar-refractivity contribution in [2.45, 2.75) is 39.9 Å². The summed E-state index contributed by atoms with van der Waals surface area (Å²) in [5.74, 6) is 0.216. The molecule has 0 fully saturated rings. The summed E-state index contributed by atoms with van der Waals surface area (Å²) >= 11 is 0. The van der Waals surface area contributed by atoms with Gasteiger partial charge in [0.05, 0.1) is 11.3 Å². The van der Waals surface area contributed by atoms with E-state index in [0.717, 1.165) is 4.57 Å². The molecule has 4 aromatic rings. The second-order valence-electron chi connectivity index (χ2n) is 7.96. The summed E-state index contributed by atoms with van der Waals surface area (Å²) in [5.41, 5.74) is 1.55. The zero-order valence-corrected chi connectivity index (χ0v) is 19.6. The molecule has 0 saturated heterocycles. The minimum absolute atomic E-state index is 0.187. The van der Waals surface area contributed by atoms with Gasteiger partial charge in [0.1, 0.15) is 18.1 Å². The second-order valence-corrected chi connectivity index (χ2v) is 7.96. The number of hydrogen-bond acceptors (Lipinski definition) is 7. The molecule has 9 heteroatoms. The Bertz CT molecular complexity index is 1420. The molecule has 9 nitrogen and oxygen atoms in total. The highest BCUT2D eigenvalue weighted by Crippen LogP contribution is 2.22. The van der Waals surface area contributed by atoms with Crippen molar-refractivity contribution >= 4 is 23.2 Å². The SMILES string of the molecule is CC[C@@H](Oc1ccccc1)C(=O)Nc1cccc(C(=O)OCc2cc(=O)n3oc(C)cc3n2)c1C. The molecule has 2 heterocycles. The van der Waals surface area contributed by atoms with Crippen molar-refractivity contribution in [3.8, 4) is 5.75 Å². The number of amides is 1. The van der Waals surface area contributed by atoms with Crippen LogP contribution in [0.15, 0.2) is 70.0 Å². The average Bonchev–Trinajstić information content (AvgIpc) is 3.23. The highest BCUT2D eigenvalue weighted by molar-refractivity contribution is 5.98. The van der Waals surface area contributed by atoms with E-state index in [0.29, 0.717) is 40.5 Å². The summed E-state index contributed by atoms with van der Waals surface area (Å²) in [6.45, 7) is 5.10. The summed E-state index contributed by atoms with van der Waals surface area (Å²) < 4.78 is 17.5. The molecule has 35 heavy (non-hydrogen) atoms. The van der Waals surface area contributed by atoms with Crippen LogP contribution in [0.4, 0.5) is 5.69 Å². The highest BCUT2D eigenvalue weighted by atomic mass is 16.5. The Balaban J connectivity index is 1.45. The first-order valence-electron chi connectivity index (χ1n) is 11.1. The number of rotatable bonds is 8. The van der Waals surface area contributed by atoms with Crippen molar-refractivity contribution in [1.82, 2.24) is 9.56 Å². The standard InChI is InChI=1S/C26H25N3O6/c1-4-22(34-19-9-6-5-7-10-19)25(31)28-21-12-8-11-20(17(21)3)26(32)33-15-18-14-24(30)29-23(27-18)13-16(2)35-29/h5-14,22H,4,15H2,1-3H3,(H,28,31)/t22-/m1/s1. The van der Waals surface area contributed by atoms with Gasteiger partial charge in [-0.15, -0.1) is 4.57 Å². The van der Waals surface area contributed by atoms with Gasteiger partial charge in [0, 0.05) is 17.8 Å². The number of para-hydroxylation sites is 1. The number of carbonyl (C=O) groups is 2. The van der Waals surface area contributed by atoms with Crippen molar-refractivity contribution in [2.75, 3.05) is 5.32 Å². The van der Waals surface area contributed by atoms with Gasteiger partial charge in [-0.1, -0.05) is 31.2 Å². The van der Waals surface area contributed by atoms with Crippen molar-refractivity contribution in [3.05, 3.63) is 93.6 Å². The van der Waals surface area contributed by atoms with Crippen LogP contribution in [-0.4, -0.2) is 27.5 Å². The van der Waals surface area contributed by atoms with Crippen LogP contribution in [0.5, 0.6) is 5.75 Å². The minimum Gasteiger partial charge on any atom is -0.481 e. The molecule has 0 radical (unpaired) electrons. The van der Waals surface area contributed by atoms with Gasteiger partial charge < -0.3 is 19.3 Å². The molecule has 180 valence electrons. The van der Waals surface area contributed by atoms with Crippen LogP contribution in [0, 0.1) is 13.8 Å². The number of aromatic nitrogens is 2. The maximum atomic E-state index is 12.8. The van der Waals surface area contributed by atoms with Crippen LogP contribution in [0.1, 0.15) is 40.7 Å². The molecule has 0 spiro atoms. The third-order valence-corrected chi connectivity index (χ3v) is 5.37. The number of anilines is 1.